The van der Waals surface area contributed by atoms with Crippen molar-refractivity contribution in [2.45, 2.75) is 6.42 Å². The van der Waals surface area contributed by atoms with Gasteiger partial charge in [-0.25, -0.2) is 4.98 Å². The van der Waals surface area contributed by atoms with Gasteiger partial charge in [-0.1, -0.05) is 18.2 Å². The average molecular weight is 230 g/mol. The van der Waals surface area contributed by atoms with Crippen molar-refractivity contribution in [2.75, 3.05) is 25.0 Å². The van der Waals surface area contributed by atoms with Crippen LogP contribution < -0.4 is 10.6 Å². The number of nitrogens with zero attached hydrogens (tertiary/aromatic N) is 3. The van der Waals surface area contributed by atoms with Crippen molar-refractivity contribution in [3.05, 3.63) is 42.7 Å². The first-order valence-corrected chi connectivity index (χ1v) is 5.83. The molecule has 1 aromatic carbocycles. The third kappa shape index (κ3) is 2.65. The highest BCUT2D eigenvalue weighted by Crippen LogP contribution is 2.16. The van der Waals surface area contributed by atoms with Gasteiger partial charge in [0.1, 0.15) is 0 Å². The lowest BCUT2D eigenvalue weighted by molar-refractivity contribution is 0.768. The summed E-state index contributed by atoms with van der Waals surface area (Å²) in [5.41, 5.74) is 6.65. The number of anilines is 1. The molecular formula is C13H18N4. The number of hydrogen-bond donors (Lipinski definition) is 1. The van der Waals surface area contributed by atoms with Crippen molar-refractivity contribution in [1.29, 1.82) is 0 Å². The Bertz CT molecular complexity index is 449. The van der Waals surface area contributed by atoms with Gasteiger partial charge >= 0.3 is 0 Å². The Kier molecular flexibility index (Phi) is 3.77. The monoisotopic (exact) mass is 230 g/mol. The molecule has 0 saturated heterocycles. The molecule has 0 bridgehead atoms. The van der Waals surface area contributed by atoms with Crippen LogP contribution in [0.3, 0.4) is 0 Å². The molecule has 4 heteroatoms. The number of rotatable bonds is 5. The van der Waals surface area contributed by atoms with Gasteiger partial charge in [0.15, 0.2) is 0 Å². The van der Waals surface area contributed by atoms with Crippen LogP contribution in [0.1, 0.15) is 6.42 Å². The van der Waals surface area contributed by atoms with Crippen molar-refractivity contribution in [2.24, 2.45) is 5.73 Å². The summed E-state index contributed by atoms with van der Waals surface area (Å²) in [5, 5.41) is 0. The van der Waals surface area contributed by atoms with E-state index in [1.54, 1.807) is 0 Å². The van der Waals surface area contributed by atoms with Crippen LogP contribution in [0, 0.1) is 0 Å². The second kappa shape index (κ2) is 5.50. The van der Waals surface area contributed by atoms with Crippen molar-refractivity contribution in [3.63, 3.8) is 0 Å². The van der Waals surface area contributed by atoms with Gasteiger partial charge in [-0.15, -0.1) is 0 Å². The van der Waals surface area contributed by atoms with E-state index in [0.29, 0.717) is 6.54 Å². The van der Waals surface area contributed by atoms with Gasteiger partial charge in [0.2, 0.25) is 5.95 Å². The normalized spacial score (nSPS) is 10.5. The molecule has 0 aliphatic heterocycles. The standard InChI is InChI=1S/C13H18N4/c1-16(10-5-8-14)13-15-9-11-17(13)12-6-3-2-4-7-12/h2-4,6-7,9,11H,5,8,10,14H2,1H3. The minimum Gasteiger partial charge on any atom is -0.345 e. The van der Waals surface area contributed by atoms with Crippen molar-refractivity contribution in [1.82, 2.24) is 9.55 Å². The quantitative estimate of drug-likeness (QED) is 0.849. The molecule has 2 rings (SSSR count). The molecule has 0 amide bonds. The third-order valence-electron chi connectivity index (χ3n) is 2.69. The zero-order valence-electron chi connectivity index (χ0n) is 10.1. The van der Waals surface area contributed by atoms with Gasteiger partial charge in [-0.2, -0.15) is 0 Å². The summed E-state index contributed by atoms with van der Waals surface area (Å²) in [6.07, 6.45) is 4.77. The fourth-order valence-corrected chi connectivity index (χ4v) is 1.80. The first-order chi connectivity index (χ1) is 8.33. The minimum atomic E-state index is 0.705. The van der Waals surface area contributed by atoms with Gasteiger partial charge in [0.25, 0.3) is 0 Å². The summed E-state index contributed by atoms with van der Waals surface area (Å²) >= 11 is 0. The molecular weight excluding hydrogens is 212 g/mol. The topological polar surface area (TPSA) is 47.1 Å². The van der Waals surface area contributed by atoms with Crippen LogP contribution in [0.25, 0.3) is 5.69 Å². The number of hydrogen-bond acceptors (Lipinski definition) is 3. The molecule has 1 heterocycles. The first-order valence-electron chi connectivity index (χ1n) is 5.83. The predicted octanol–water partition coefficient (Wildman–Crippen LogP) is 1.66. The number of benzene rings is 1. The minimum absolute atomic E-state index is 0.705. The second-order valence-electron chi connectivity index (χ2n) is 4.00. The van der Waals surface area contributed by atoms with Crippen LogP contribution >= 0.6 is 0 Å². The molecule has 2 N–H and O–H groups in total. The Morgan fingerprint density at radius 1 is 1.29 bits per heavy atom. The molecule has 0 unspecified atom stereocenters. The highest BCUT2D eigenvalue weighted by molar-refractivity contribution is 5.42. The number of para-hydroxylation sites is 1. The maximum Gasteiger partial charge on any atom is 0.209 e. The van der Waals surface area contributed by atoms with E-state index in [9.17, 15) is 0 Å². The Labute approximate surface area is 102 Å². The lowest BCUT2D eigenvalue weighted by Crippen LogP contribution is -2.24. The van der Waals surface area contributed by atoms with E-state index in [0.717, 1.165) is 24.6 Å². The Morgan fingerprint density at radius 3 is 2.76 bits per heavy atom. The van der Waals surface area contributed by atoms with Crippen LogP contribution in [-0.4, -0.2) is 29.7 Å². The van der Waals surface area contributed by atoms with E-state index in [2.05, 4.69) is 26.6 Å². The second-order valence-corrected chi connectivity index (χ2v) is 4.00. The molecule has 2 aromatic rings. The molecule has 1 aromatic heterocycles. The molecule has 4 nitrogen and oxygen atoms in total. The summed E-state index contributed by atoms with van der Waals surface area (Å²) in [6.45, 7) is 1.62. The molecule has 0 fully saturated rings. The van der Waals surface area contributed by atoms with Gasteiger partial charge in [-0.05, 0) is 25.1 Å². The molecule has 0 saturated carbocycles. The van der Waals surface area contributed by atoms with Gasteiger partial charge in [0, 0.05) is 31.7 Å². The molecule has 0 aliphatic carbocycles. The van der Waals surface area contributed by atoms with Crippen molar-refractivity contribution in [3.8, 4) is 5.69 Å². The SMILES string of the molecule is CN(CCCN)c1nccn1-c1ccccc1. The van der Waals surface area contributed by atoms with Crippen LogP contribution in [-0.2, 0) is 0 Å². The molecule has 0 atom stereocenters. The summed E-state index contributed by atoms with van der Waals surface area (Å²) in [4.78, 5) is 6.52. The summed E-state index contributed by atoms with van der Waals surface area (Å²) in [7, 11) is 2.04. The molecule has 0 radical (unpaired) electrons. The zero-order chi connectivity index (χ0) is 12.1. The van der Waals surface area contributed by atoms with Crippen LogP contribution in [0.5, 0.6) is 0 Å². The number of aromatic nitrogens is 2. The third-order valence-corrected chi connectivity index (χ3v) is 2.69. The summed E-state index contributed by atoms with van der Waals surface area (Å²) in [6, 6.07) is 10.2. The molecule has 17 heavy (non-hydrogen) atoms. The van der Waals surface area contributed by atoms with Gasteiger partial charge < -0.3 is 10.6 Å². The molecule has 0 aliphatic rings. The smallest absolute Gasteiger partial charge is 0.209 e. The van der Waals surface area contributed by atoms with E-state index in [1.165, 1.54) is 0 Å². The molecule has 90 valence electrons. The Morgan fingerprint density at radius 2 is 2.06 bits per heavy atom. The van der Waals surface area contributed by atoms with E-state index in [-0.39, 0.29) is 0 Å². The van der Waals surface area contributed by atoms with Crippen molar-refractivity contribution >= 4 is 5.95 Å². The first kappa shape index (κ1) is 11.7. The van der Waals surface area contributed by atoms with Gasteiger partial charge in [-0.3, -0.25) is 4.57 Å². The average Bonchev–Trinajstić information content (AvgIpc) is 2.86. The fourth-order valence-electron chi connectivity index (χ4n) is 1.80. The highest BCUT2D eigenvalue weighted by Gasteiger charge is 2.08. The number of nitrogens with two attached hydrogens (primary N) is 1. The van der Waals surface area contributed by atoms with E-state index < -0.39 is 0 Å². The largest absolute Gasteiger partial charge is 0.345 e. The van der Waals surface area contributed by atoms with Crippen molar-refractivity contribution < 1.29 is 0 Å². The van der Waals surface area contributed by atoms with Gasteiger partial charge in [0.05, 0.1) is 0 Å². The van der Waals surface area contributed by atoms with E-state index in [1.807, 2.05) is 37.6 Å². The maximum atomic E-state index is 5.53. The highest BCUT2D eigenvalue weighted by atomic mass is 15.3. The summed E-state index contributed by atoms with van der Waals surface area (Å²) in [5.74, 6) is 0.949. The van der Waals surface area contributed by atoms with Crippen LogP contribution in [0.15, 0.2) is 42.7 Å². The summed E-state index contributed by atoms with van der Waals surface area (Å²) < 4.78 is 2.08. The Balaban J connectivity index is 2.23. The van der Waals surface area contributed by atoms with E-state index in [4.69, 9.17) is 5.73 Å². The maximum absolute atomic E-state index is 5.53. The lowest BCUT2D eigenvalue weighted by atomic mass is 10.3. The Hall–Kier alpha value is -1.81. The lowest BCUT2D eigenvalue weighted by Gasteiger charge is -2.19. The number of imidazole rings is 1. The van der Waals surface area contributed by atoms with Crippen LogP contribution in [0.4, 0.5) is 5.95 Å². The zero-order valence-corrected chi connectivity index (χ0v) is 10.1. The van der Waals surface area contributed by atoms with E-state index >= 15 is 0 Å². The fraction of sp³-hybridized carbons (Fsp3) is 0.308. The predicted molar refractivity (Wildman–Crippen MR) is 70.5 cm³/mol. The van der Waals surface area contributed by atoms with Crippen LogP contribution in [0.2, 0.25) is 0 Å². The molecule has 0 spiro atoms.